The molecule has 1 aromatic carbocycles. The van der Waals surface area contributed by atoms with Crippen LogP contribution in [0, 0.1) is 6.92 Å². The minimum Gasteiger partial charge on any atom is -0.456 e. The average Bonchev–Trinajstić information content (AvgIpc) is 2.97. The molecular weight excluding hydrogens is 340 g/mol. The monoisotopic (exact) mass is 364 g/mol. The fourth-order valence-corrected chi connectivity index (χ4v) is 4.11. The van der Waals surface area contributed by atoms with Crippen LogP contribution in [0.1, 0.15) is 35.5 Å². The summed E-state index contributed by atoms with van der Waals surface area (Å²) in [6, 6.07) is 9.01. The molecule has 0 aliphatic rings. The number of sulfonamides is 1. The molecule has 25 heavy (non-hydrogen) atoms. The van der Waals surface area contributed by atoms with E-state index in [4.69, 9.17) is 4.74 Å². The highest BCUT2D eigenvalue weighted by molar-refractivity contribution is 7.89. The van der Waals surface area contributed by atoms with Crippen molar-refractivity contribution in [1.82, 2.24) is 8.87 Å². The summed E-state index contributed by atoms with van der Waals surface area (Å²) in [6.07, 6.45) is 1.44. The predicted molar refractivity (Wildman–Crippen MR) is 95.8 cm³/mol. The number of nitrogens with zero attached hydrogens (tertiary/aromatic N) is 2. The Hall–Kier alpha value is -2.12. The van der Waals surface area contributed by atoms with E-state index in [9.17, 15) is 13.2 Å². The number of hydrogen-bond acceptors (Lipinski definition) is 4. The van der Waals surface area contributed by atoms with Crippen LogP contribution in [-0.2, 0) is 28.4 Å². The third-order valence-electron chi connectivity index (χ3n) is 4.15. The molecule has 0 saturated heterocycles. The molecule has 0 unspecified atom stereocenters. The molecule has 2 rings (SSSR count). The van der Waals surface area contributed by atoms with Gasteiger partial charge in [0.2, 0.25) is 10.0 Å². The van der Waals surface area contributed by atoms with E-state index in [0.29, 0.717) is 13.1 Å². The largest absolute Gasteiger partial charge is 0.456 e. The van der Waals surface area contributed by atoms with Crippen molar-refractivity contribution in [1.29, 1.82) is 0 Å². The van der Waals surface area contributed by atoms with Crippen molar-refractivity contribution in [3.05, 3.63) is 53.3 Å². The highest BCUT2D eigenvalue weighted by Crippen LogP contribution is 2.19. The molecule has 1 heterocycles. The number of carbonyl (C=O) groups is 1. The van der Waals surface area contributed by atoms with E-state index in [2.05, 4.69) is 0 Å². The number of benzene rings is 1. The van der Waals surface area contributed by atoms with Gasteiger partial charge in [0.15, 0.2) is 0 Å². The van der Waals surface area contributed by atoms with Gasteiger partial charge in [0.05, 0.1) is 0 Å². The smallest absolute Gasteiger partial charge is 0.355 e. The lowest BCUT2D eigenvalue weighted by atomic mass is 10.1. The first-order valence-corrected chi connectivity index (χ1v) is 9.63. The number of esters is 1. The standard InChI is InChI=1S/C18H24N2O4S/c1-5-20(6-2)25(22,23)16-11-17(19(4)12-16)18(21)24-13-15-10-8-7-9-14(15)3/h7-12H,5-6,13H2,1-4H3. The number of hydrogen-bond donors (Lipinski definition) is 0. The Balaban J connectivity index is 2.19. The number of aromatic nitrogens is 1. The van der Waals surface area contributed by atoms with E-state index in [1.54, 1.807) is 20.9 Å². The molecule has 6 nitrogen and oxygen atoms in total. The average molecular weight is 364 g/mol. The SMILES string of the molecule is CCN(CC)S(=O)(=O)c1cc(C(=O)OCc2ccccc2C)n(C)c1. The van der Waals surface area contributed by atoms with Crippen LogP contribution < -0.4 is 0 Å². The van der Waals surface area contributed by atoms with Crippen LogP contribution in [0.5, 0.6) is 0 Å². The first kappa shape index (κ1) is 19.2. The molecule has 0 atom stereocenters. The van der Waals surface area contributed by atoms with Gasteiger partial charge in [-0.05, 0) is 24.1 Å². The summed E-state index contributed by atoms with van der Waals surface area (Å²) in [7, 11) is -1.97. The van der Waals surface area contributed by atoms with Crippen LogP contribution in [-0.4, -0.2) is 36.3 Å². The molecule has 0 aliphatic heterocycles. The Labute approximate surface area is 149 Å². The van der Waals surface area contributed by atoms with E-state index in [1.165, 1.54) is 21.1 Å². The van der Waals surface area contributed by atoms with Gasteiger partial charge in [-0.25, -0.2) is 13.2 Å². The number of rotatable bonds is 7. The van der Waals surface area contributed by atoms with Crippen molar-refractivity contribution in [2.45, 2.75) is 32.3 Å². The highest BCUT2D eigenvalue weighted by atomic mass is 32.2. The molecule has 0 bridgehead atoms. The maximum Gasteiger partial charge on any atom is 0.355 e. The van der Waals surface area contributed by atoms with Gasteiger partial charge < -0.3 is 9.30 Å². The van der Waals surface area contributed by atoms with Crippen molar-refractivity contribution in [2.24, 2.45) is 7.05 Å². The first-order chi connectivity index (χ1) is 11.8. The zero-order valence-electron chi connectivity index (χ0n) is 15.0. The molecule has 0 radical (unpaired) electrons. The van der Waals surface area contributed by atoms with Crippen molar-refractivity contribution < 1.29 is 17.9 Å². The lowest BCUT2D eigenvalue weighted by molar-refractivity contribution is 0.0461. The van der Waals surface area contributed by atoms with E-state index in [-0.39, 0.29) is 17.2 Å². The van der Waals surface area contributed by atoms with Gasteiger partial charge >= 0.3 is 5.97 Å². The van der Waals surface area contributed by atoms with Gasteiger partial charge in [0.1, 0.15) is 17.2 Å². The Kier molecular flexibility index (Phi) is 6.02. The van der Waals surface area contributed by atoms with Gasteiger partial charge in [0, 0.05) is 26.3 Å². The summed E-state index contributed by atoms with van der Waals surface area (Å²) in [5, 5.41) is 0. The highest BCUT2D eigenvalue weighted by Gasteiger charge is 2.25. The summed E-state index contributed by atoms with van der Waals surface area (Å²) in [4.78, 5) is 12.4. The molecular formula is C18H24N2O4S. The van der Waals surface area contributed by atoms with Crippen molar-refractivity contribution in [3.8, 4) is 0 Å². The van der Waals surface area contributed by atoms with Gasteiger partial charge in [-0.1, -0.05) is 38.1 Å². The second-order valence-corrected chi connectivity index (χ2v) is 7.70. The summed E-state index contributed by atoms with van der Waals surface area (Å²) in [6.45, 7) is 6.40. The Morgan fingerprint density at radius 1 is 1.20 bits per heavy atom. The lowest BCUT2D eigenvalue weighted by Gasteiger charge is -2.17. The van der Waals surface area contributed by atoms with E-state index < -0.39 is 16.0 Å². The van der Waals surface area contributed by atoms with Gasteiger partial charge in [-0.2, -0.15) is 4.31 Å². The van der Waals surface area contributed by atoms with E-state index in [1.807, 2.05) is 31.2 Å². The predicted octanol–water partition coefficient (Wildman–Crippen LogP) is 2.72. The first-order valence-electron chi connectivity index (χ1n) is 8.19. The van der Waals surface area contributed by atoms with Crippen molar-refractivity contribution >= 4 is 16.0 Å². The van der Waals surface area contributed by atoms with Crippen LogP contribution in [0.25, 0.3) is 0 Å². The maximum absolute atomic E-state index is 12.6. The second-order valence-electron chi connectivity index (χ2n) is 5.76. The fourth-order valence-electron chi connectivity index (χ4n) is 2.58. The molecule has 0 N–H and O–H groups in total. The van der Waals surface area contributed by atoms with Crippen molar-refractivity contribution in [3.63, 3.8) is 0 Å². The topological polar surface area (TPSA) is 68.6 Å². The zero-order valence-corrected chi connectivity index (χ0v) is 15.8. The quantitative estimate of drug-likeness (QED) is 0.709. The van der Waals surface area contributed by atoms with Crippen LogP contribution in [0.15, 0.2) is 41.4 Å². The molecule has 7 heteroatoms. The molecule has 1 aromatic heterocycles. The summed E-state index contributed by atoms with van der Waals surface area (Å²) < 4.78 is 33.3. The summed E-state index contributed by atoms with van der Waals surface area (Å²) in [5.41, 5.74) is 2.16. The zero-order chi connectivity index (χ0) is 18.6. The van der Waals surface area contributed by atoms with Crippen molar-refractivity contribution in [2.75, 3.05) is 13.1 Å². The van der Waals surface area contributed by atoms with Crippen LogP contribution in [0.2, 0.25) is 0 Å². The lowest BCUT2D eigenvalue weighted by Crippen LogP contribution is -2.30. The molecule has 0 aliphatic carbocycles. The van der Waals surface area contributed by atoms with Gasteiger partial charge in [-0.15, -0.1) is 0 Å². The Bertz CT molecular complexity index is 852. The molecule has 0 amide bonds. The number of carbonyl (C=O) groups excluding carboxylic acids is 1. The van der Waals surface area contributed by atoms with E-state index in [0.717, 1.165) is 11.1 Å². The summed E-state index contributed by atoms with van der Waals surface area (Å²) in [5.74, 6) is -0.549. The molecule has 0 fully saturated rings. The normalized spacial score (nSPS) is 11.7. The molecule has 0 spiro atoms. The van der Waals surface area contributed by atoms with Crippen LogP contribution in [0.4, 0.5) is 0 Å². The van der Waals surface area contributed by atoms with Gasteiger partial charge in [0.25, 0.3) is 0 Å². The minimum atomic E-state index is -3.61. The fraction of sp³-hybridized carbons (Fsp3) is 0.389. The third-order valence-corrected chi connectivity index (χ3v) is 6.17. The third kappa shape index (κ3) is 4.11. The Morgan fingerprint density at radius 2 is 1.84 bits per heavy atom. The van der Waals surface area contributed by atoms with Crippen LogP contribution >= 0.6 is 0 Å². The molecule has 2 aromatic rings. The minimum absolute atomic E-state index is 0.0986. The number of ether oxygens (including phenoxy) is 1. The van der Waals surface area contributed by atoms with Crippen LogP contribution in [0.3, 0.4) is 0 Å². The summed E-state index contributed by atoms with van der Waals surface area (Å²) >= 11 is 0. The second kappa shape index (κ2) is 7.84. The maximum atomic E-state index is 12.6. The van der Waals surface area contributed by atoms with E-state index >= 15 is 0 Å². The molecule has 136 valence electrons. The molecule has 0 saturated carbocycles. The van der Waals surface area contributed by atoms with Gasteiger partial charge in [-0.3, -0.25) is 0 Å². The Morgan fingerprint density at radius 3 is 2.44 bits per heavy atom. The number of aryl methyl sites for hydroxylation is 2.